The number of benzene rings is 2. The molecule has 0 bridgehead atoms. The summed E-state index contributed by atoms with van der Waals surface area (Å²) in [6.07, 6.45) is 6.12. The first-order valence-corrected chi connectivity index (χ1v) is 25.4. The average Bonchev–Trinajstić information content (AvgIpc) is 3.62. The predicted molar refractivity (Wildman–Crippen MR) is 290 cm³/mol. The van der Waals surface area contributed by atoms with Gasteiger partial charge < -0.3 is 46.9 Å². The Bertz CT molecular complexity index is 3000. The summed E-state index contributed by atoms with van der Waals surface area (Å²) in [6, 6.07) is 18.5. The fraction of sp³-hybridized carbons (Fsp3) is 0.385. The molecule has 0 atom stereocenters. The zero-order valence-electron chi connectivity index (χ0n) is 43.6. The monoisotopic (exact) mass is 1170 g/mol. The van der Waals surface area contributed by atoms with E-state index in [0.717, 1.165) is 74.9 Å². The Morgan fingerprint density at radius 1 is 0.610 bits per heavy atom. The van der Waals surface area contributed by atoms with Crippen molar-refractivity contribution in [2.45, 2.75) is 102 Å². The summed E-state index contributed by atoms with van der Waals surface area (Å²) in [6.45, 7) is 0.772. The van der Waals surface area contributed by atoms with Crippen LogP contribution in [0.15, 0.2) is 110 Å². The van der Waals surface area contributed by atoms with Crippen LogP contribution in [0.1, 0.15) is 73.6 Å². The van der Waals surface area contributed by atoms with Crippen LogP contribution in [0.4, 0.5) is 61.2 Å². The second-order valence-corrected chi connectivity index (χ2v) is 18.7. The van der Waals surface area contributed by atoms with Crippen LogP contribution in [0.3, 0.4) is 0 Å². The SMILES string of the molecule is Cl.NC1CCC(CNc2nc(NCc3ccccc3OC(F)(F)F)ncc2[N+](=O)[O-])CC1.O=C(Cc1ccncc1)NC1CCC(CNc2nc(NCc3ccccc3OC(F)(F)F)ncc2[N+](=O)[O-])CC1.O=C(O)Cc1ccncc1. The molecule has 2 aliphatic carbocycles. The number of anilines is 4. The Morgan fingerprint density at radius 2 is 1.01 bits per heavy atom. The second kappa shape index (κ2) is 31.3. The van der Waals surface area contributed by atoms with E-state index in [0.29, 0.717) is 25.4 Å². The van der Waals surface area contributed by atoms with Gasteiger partial charge in [0.25, 0.3) is 0 Å². The maximum absolute atomic E-state index is 12.7. The number of para-hydroxylation sites is 2. The highest BCUT2D eigenvalue weighted by atomic mass is 35.5. The van der Waals surface area contributed by atoms with Gasteiger partial charge in [-0.05, 0) is 111 Å². The number of alkyl halides is 6. The molecule has 0 radical (unpaired) electrons. The van der Waals surface area contributed by atoms with Crippen LogP contribution in [0.2, 0.25) is 0 Å². The lowest BCUT2D eigenvalue weighted by atomic mass is 9.86. The van der Waals surface area contributed by atoms with Crippen molar-refractivity contribution in [1.29, 1.82) is 0 Å². The third kappa shape index (κ3) is 22.4. The summed E-state index contributed by atoms with van der Waals surface area (Å²) < 4.78 is 83.9. The van der Waals surface area contributed by atoms with Crippen LogP contribution >= 0.6 is 12.4 Å². The van der Waals surface area contributed by atoms with Crippen LogP contribution in [0, 0.1) is 32.1 Å². The standard InChI is InChI=1S/C26H28F3N7O4.C19H23F3N6O3.C7H7NO2.ClH/c27-26(28,29)40-22-4-2-1-3-19(22)15-32-25-33-16-21(36(38)39)24(35-25)31-14-18-5-7-20(8-6-18)34-23(37)13-17-9-11-30-12-10-17;20-19(21,22)31-16-4-2-1-3-13(16)10-25-18-26-11-15(28(29)30)17(27-18)24-9-12-5-7-14(23)8-6-12;9-7(10)5-6-1-3-8-4-2-6;/h1-4,9-12,16,18,20H,5-8,13-15H2,(H,34,37)(H2,31,32,33,35);1-4,11-12,14H,5-10,23H2,(H2,24,25,26,27);1-4H,5H2,(H,9,10);1H. The van der Waals surface area contributed by atoms with Gasteiger partial charge in [0.2, 0.25) is 29.4 Å². The first-order chi connectivity index (χ1) is 38.7. The molecule has 4 heterocycles. The van der Waals surface area contributed by atoms with E-state index in [-0.39, 0.29) is 113 Å². The number of nitrogens with zero attached hydrogens (tertiary/aromatic N) is 8. The van der Waals surface area contributed by atoms with Crippen molar-refractivity contribution in [2.75, 3.05) is 34.4 Å². The van der Waals surface area contributed by atoms with E-state index in [1.165, 1.54) is 36.4 Å². The number of aromatic nitrogens is 6. The van der Waals surface area contributed by atoms with Crippen LogP contribution in [-0.2, 0) is 35.5 Å². The summed E-state index contributed by atoms with van der Waals surface area (Å²) in [5.41, 5.74) is 7.42. The van der Waals surface area contributed by atoms with E-state index in [2.05, 4.69) is 66.0 Å². The number of halogens is 7. The molecular formula is C52H59ClF6N14O9. The minimum atomic E-state index is -4.85. The van der Waals surface area contributed by atoms with Gasteiger partial charge >= 0.3 is 30.1 Å². The number of rotatable bonds is 21. The lowest BCUT2D eigenvalue weighted by Gasteiger charge is -2.29. The molecule has 82 heavy (non-hydrogen) atoms. The minimum Gasteiger partial charge on any atom is -0.481 e. The van der Waals surface area contributed by atoms with E-state index >= 15 is 0 Å². The Labute approximate surface area is 471 Å². The molecule has 0 unspecified atom stereocenters. The summed E-state index contributed by atoms with van der Waals surface area (Å²) in [5.74, 6) is -0.917. The first-order valence-electron chi connectivity index (χ1n) is 25.4. The third-order valence-corrected chi connectivity index (χ3v) is 12.6. The summed E-state index contributed by atoms with van der Waals surface area (Å²) in [5, 5.41) is 45.9. The Kier molecular flexibility index (Phi) is 24.5. The molecule has 440 valence electrons. The maximum Gasteiger partial charge on any atom is 0.573 e. The number of carboxylic acid groups (broad SMARTS) is 1. The Hall–Kier alpha value is -8.73. The topological polar surface area (TPSA) is 323 Å². The average molecular weight is 1170 g/mol. The highest BCUT2D eigenvalue weighted by Crippen LogP contribution is 2.32. The molecule has 30 heteroatoms. The number of amides is 1. The molecule has 0 aliphatic heterocycles. The first kappa shape index (κ1) is 64.1. The van der Waals surface area contributed by atoms with Crippen LogP contribution in [0.5, 0.6) is 11.5 Å². The Balaban J connectivity index is 0.000000259. The van der Waals surface area contributed by atoms with Crippen molar-refractivity contribution < 1.29 is 60.4 Å². The van der Waals surface area contributed by atoms with Crippen LogP contribution in [-0.4, -0.2) is 94.6 Å². The lowest BCUT2D eigenvalue weighted by molar-refractivity contribution is -0.384. The number of nitrogens with one attached hydrogen (secondary N) is 5. The molecule has 1 amide bonds. The highest BCUT2D eigenvalue weighted by Gasteiger charge is 2.33. The fourth-order valence-electron chi connectivity index (χ4n) is 8.57. The van der Waals surface area contributed by atoms with Gasteiger partial charge in [0, 0.05) is 74.2 Å². The number of hydrogen-bond acceptors (Lipinski definition) is 19. The molecule has 8 N–H and O–H groups in total. The molecule has 4 aromatic heterocycles. The normalized spacial score (nSPS) is 16.6. The van der Waals surface area contributed by atoms with Crippen molar-refractivity contribution >= 4 is 59.2 Å². The van der Waals surface area contributed by atoms with Gasteiger partial charge in [-0.15, -0.1) is 38.7 Å². The highest BCUT2D eigenvalue weighted by molar-refractivity contribution is 5.85. The molecule has 2 fully saturated rings. The van der Waals surface area contributed by atoms with E-state index in [1.54, 1.807) is 61.2 Å². The van der Waals surface area contributed by atoms with Crippen LogP contribution < -0.4 is 41.8 Å². The zero-order valence-corrected chi connectivity index (χ0v) is 44.5. The molecule has 6 aromatic rings. The van der Waals surface area contributed by atoms with E-state index in [9.17, 15) is 56.2 Å². The van der Waals surface area contributed by atoms with Crippen molar-refractivity contribution in [1.82, 2.24) is 35.2 Å². The molecule has 8 rings (SSSR count). The molecule has 2 aromatic carbocycles. The molecule has 0 saturated heterocycles. The lowest BCUT2D eigenvalue weighted by Crippen LogP contribution is -2.39. The van der Waals surface area contributed by atoms with Gasteiger partial charge in [-0.3, -0.25) is 39.8 Å². The number of ether oxygens (including phenoxy) is 2. The second-order valence-electron chi connectivity index (χ2n) is 18.7. The van der Waals surface area contributed by atoms with Crippen molar-refractivity contribution in [3.8, 4) is 11.5 Å². The quantitative estimate of drug-likeness (QED) is 0.0200. The van der Waals surface area contributed by atoms with E-state index in [1.807, 2.05) is 0 Å². The van der Waals surface area contributed by atoms with E-state index < -0.39 is 28.5 Å². The number of carbonyl (C=O) groups is 2. The molecule has 23 nitrogen and oxygen atoms in total. The molecule has 2 aliphatic rings. The summed E-state index contributed by atoms with van der Waals surface area (Å²) in [4.78, 5) is 68.0. The zero-order chi connectivity index (χ0) is 58.4. The maximum atomic E-state index is 12.7. The van der Waals surface area contributed by atoms with Crippen molar-refractivity contribution in [3.63, 3.8) is 0 Å². The number of hydrogen-bond donors (Lipinski definition) is 7. The molecule has 0 spiro atoms. The smallest absolute Gasteiger partial charge is 0.481 e. The fourth-order valence-corrected chi connectivity index (χ4v) is 8.57. The van der Waals surface area contributed by atoms with Crippen molar-refractivity contribution in [2.24, 2.45) is 17.6 Å². The van der Waals surface area contributed by atoms with Crippen molar-refractivity contribution in [3.05, 3.63) is 152 Å². The number of carbonyl (C=O) groups excluding carboxylic acids is 1. The van der Waals surface area contributed by atoms with Gasteiger partial charge in [0.15, 0.2) is 0 Å². The number of nitrogens with two attached hydrogens (primary N) is 1. The molecule has 2 saturated carbocycles. The van der Waals surface area contributed by atoms with Gasteiger partial charge in [0.05, 0.1) is 22.7 Å². The Morgan fingerprint density at radius 3 is 1.41 bits per heavy atom. The number of aliphatic carboxylic acids is 1. The third-order valence-electron chi connectivity index (χ3n) is 12.6. The number of nitro groups is 2. The number of carboxylic acids is 1. The van der Waals surface area contributed by atoms with Gasteiger partial charge in [-0.1, -0.05) is 36.4 Å². The largest absolute Gasteiger partial charge is 0.573 e. The minimum absolute atomic E-state index is 0. The predicted octanol–water partition coefficient (Wildman–Crippen LogP) is 9.58. The summed E-state index contributed by atoms with van der Waals surface area (Å²) >= 11 is 0. The van der Waals surface area contributed by atoms with Gasteiger partial charge in [0.1, 0.15) is 23.9 Å². The van der Waals surface area contributed by atoms with Crippen LogP contribution in [0.25, 0.3) is 0 Å². The number of pyridine rings is 2. The van der Waals surface area contributed by atoms with E-state index in [4.69, 9.17) is 10.8 Å². The van der Waals surface area contributed by atoms with Gasteiger partial charge in [-0.2, -0.15) is 9.97 Å². The van der Waals surface area contributed by atoms with Gasteiger partial charge in [-0.25, -0.2) is 9.97 Å². The molecular weight excluding hydrogens is 1110 g/mol. The summed E-state index contributed by atoms with van der Waals surface area (Å²) in [7, 11) is 0.